The van der Waals surface area contributed by atoms with Crippen LogP contribution in [0.4, 0.5) is 0 Å². The topological polar surface area (TPSA) is 59.9 Å². The molecule has 11 heavy (non-hydrogen) atoms. The zero-order valence-electron chi connectivity index (χ0n) is 5.69. The van der Waals surface area contributed by atoms with Gasteiger partial charge in [0.1, 0.15) is 0 Å². The molecule has 1 aliphatic heterocycles. The van der Waals surface area contributed by atoms with Crippen molar-refractivity contribution in [1.82, 2.24) is 9.97 Å². The van der Waals surface area contributed by atoms with Gasteiger partial charge >= 0.3 is 0 Å². The molecule has 2 rings (SSSR count). The maximum atomic E-state index is 11.0. The van der Waals surface area contributed by atoms with Gasteiger partial charge in [0.25, 0.3) is 0 Å². The summed E-state index contributed by atoms with van der Waals surface area (Å²) in [5.74, 6) is 0.104. The summed E-state index contributed by atoms with van der Waals surface area (Å²) < 4.78 is 22.0. The van der Waals surface area contributed by atoms with Gasteiger partial charge in [0.2, 0.25) is 0 Å². The van der Waals surface area contributed by atoms with Crippen LogP contribution in [-0.4, -0.2) is 18.4 Å². The molecule has 0 unspecified atom stereocenters. The standard InChI is InChI=1S/C6H6N2O2S/c9-11(10)3-5-6(4-11)8-2-1-7-5/h1-2H,3-4H2. The molecule has 0 bridgehead atoms. The lowest BCUT2D eigenvalue weighted by Gasteiger charge is -1.89. The maximum absolute atomic E-state index is 11.0. The minimum absolute atomic E-state index is 0.0518. The molecule has 0 saturated heterocycles. The molecule has 0 spiro atoms. The van der Waals surface area contributed by atoms with E-state index >= 15 is 0 Å². The van der Waals surface area contributed by atoms with Crippen LogP contribution in [0, 0.1) is 0 Å². The van der Waals surface area contributed by atoms with Gasteiger partial charge in [0, 0.05) is 12.4 Å². The van der Waals surface area contributed by atoms with Gasteiger partial charge < -0.3 is 0 Å². The second-order valence-electron chi connectivity index (χ2n) is 2.48. The zero-order chi connectivity index (χ0) is 7.90. The number of rotatable bonds is 0. The fourth-order valence-corrected chi connectivity index (χ4v) is 2.52. The molecular weight excluding hydrogens is 164 g/mol. The molecule has 0 fully saturated rings. The number of aromatic nitrogens is 2. The summed E-state index contributed by atoms with van der Waals surface area (Å²) in [6.07, 6.45) is 3.03. The van der Waals surface area contributed by atoms with Crippen LogP contribution in [0.2, 0.25) is 0 Å². The lowest BCUT2D eigenvalue weighted by atomic mass is 10.4. The molecule has 1 aromatic heterocycles. The average Bonchev–Trinajstić information content (AvgIpc) is 2.21. The number of fused-ring (bicyclic) bond motifs is 1. The van der Waals surface area contributed by atoms with E-state index in [9.17, 15) is 8.42 Å². The van der Waals surface area contributed by atoms with E-state index in [0.29, 0.717) is 11.4 Å². The first kappa shape index (κ1) is 6.72. The molecule has 58 valence electrons. The van der Waals surface area contributed by atoms with Gasteiger partial charge in [-0.1, -0.05) is 0 Å². The van der Waals surface area contributed by atoms with E-state index in [0.717, 1.165) is 0 Å². The van der Waals surface area contributed by atoms with Crippen LogP contribution in [0.25, 0.3) is 0 Å². The summed E-state index contributed by atoms with van der Waals surface area (Å²) in [5.41, 5.74) is 1.21. The summed E-state index contributed by atoms with van der Waals surface area (Å²) in [7, 11) is -2.93. The van der Waals surface area contributed by atoms with Crippen molar-refractivity contribution >= 4 is 9.84 Å². The van der Waals surface area contributed by atoms with E-state index in [1.807, 2.05) is 0 Å². The summed E-state index contributed by atoms with van der Waals surface area (Å²) in [6, 6.07) is 0. The summed E-state index contributed by atoms with van der Waals surface area (Å²) in [5, 5.41) is 0. The molecule has 1 aliphatic rings. The van der Waals surface area contributed by atoms with Gasteiger partial charge in [-0.3, -0.25) is 9.97 Å². The van der Waals surface area contributed by atoms with Crippen molar-refractivity contribution < 1.29 is 8.42 Å². The molecule has 0 N–H and O–H groups in total. The first-order valence-electron chi connectivity index (χ1n) is 3.16. The lowest BCUT2D eigenvalue weighted by molar-refractivity contribution is 0.597. The van der Waals surface area contributed by atoms with Crippen molar-refractivity contribution in [2.24, 2.45) is 0 Å². The molecule has 2 heterocycles. The highest BCUT2D eigenvalue weighted by atomic mass is 32.2. The van der Waals surface area contributed by atoms with Crippen LogP contribution in [0.5, 0.6) is 0 Å². The van der Waals surface area contributed by atoms with Gasteiger partial charge in [0.15, 0.2) is 9.84 Å². The van der Waals surface area contributed by atoms with Gasteiger partial charge in [-0.2, -0.15) is 0 Å². The molecule has 0 atom stereocenters. The zero-order valence-corrected chi connectivity index (χ0v) is 6.50. The van der Waals surface area contributed by atoms with E-state index in [-0.39, 0.29) is 11.5 Å². The third kappa shape index (κ3) is 1.11. The van der Waals surface area contributed by atoms with Crippen molar-refractivity contribution in [1.29, 1.82) is 0 Å². The van der Waals surface area contributed by atoms with Crippen molar-refractivity contribution in [3.8, 4) is 0 Å². The number of sulfone groups is 1. The van der Waals surface area contributed by atoms with Crippen LogP contribution < -0.4 is 0 Å². The monoisotopic (exact) mass is 170 g/mol. The highest BCUT2D eigenvalue weighted by Gasteiger charge is 2.26. The Morgan fingerprint density at radius 2 is 1.55 bits per heavy atom. The van der Waals surface area contributed by atoms with Crippen molar-refractivity contribution in [2.45, 2.75) is 11.5 Å². The molecule has 4 nitrogen and oxygen atoms in total. The number of hydrogen-bond donors (Lipinski definition) is 0. The molecule has 1 aromatic rings. The SMILES string of the molecule is O=S1(=O)Cc2nccnc2C1. The van der Waals surface area contributed by atoms with Gasteiger partial charge in [-0.25, -0.2) is 8.42 Å². The third-order valence-electron chi connectivity index (χ3n) is 1.57. The predicted molar refractivity (Wildman–Crippen MR) is 38.4 cm³/mol. The third-order valence-corrected chi connectivity index (χ3v) is 3.00. The second kappa shape index (κ2) is 2.01. The fourth-order valence-electron chi connectivity index (χ4n) is 1.10. The first-order chi connectivity index (χ1) is 5.17. The predicted octanol–water partition coefficient (Wildman–Crippen LogP) is -0.0950. The van der Waals surface area contributed by atoms with Crippen LogP contribution in [0.15, 0.2) is 12.4 Å². The lowest BCUT2D eigenvalue weighted by Crippen LogP contribution is -1.96. The van der Waals surface area contributed by atoms with Crippen LogP contribution in [-0.2, 0) is 21.3 Å². The molecular formula is C6H6N2O2S. The Hall–Kier alpha value is -0.970. The first-order valence-corrected chi connectivity index (χ1v) is 4.99. The van der Waals surface area contributed by atoms with E-state index in [2.05, 4.69) is 9.97 Å². The largest absolute Gasteiger partial charge is 0.257 e. The Labute approximate surface area is 64.2 Å². The normalized spacial score (nSPS) is 19.6. The number of hydrogen-bond acceptors (Lipinski definition) is 4. The fraction of sp³-hybridized carbons (Fsp3) is 0.333. The van der Waals surface area contributed by atoms with E-state index in [1.54, 1.807) is 0 Å². The average molecular weight is 170 g/mol. The van der Waals surface area contributed by atoms with Gasteiger partial charge in [0.05, 0.1) is 22.9 Å². The van der Waals surface area contributed by atoms with Crippen LogP contribution in [0.1, 0.15) is 11.4 Å². The van der Waals surface area contributed by atoms with Crippen LogP contribution in [0.3, 0.4) is 0 Å². The smallest absolute Gasteiger partial charge is 0.161 e. The molecule has 0 saturated carbocycles. The van der Waals surface area contributed by atoms with Crippen molar-refractivity contribution in [3.63, 3.8) is 0 Å². The van der Waals surface area contributed by atoms with E-state index < -0.39 is 9.84 Å². The Morgan fingerprint density at radius 3 is 2.00 bits per heavy atom. The quantitative estimate of drug-likeness (QED) is 0.545. The Bertz CT molecular complexity index is 354. The van der Waals surface area contributed by atoms with Gasteiger partial charge in [-0.15, -0.1) is 0 Å². The summed E-state index contributed by atoms with van der Waals surface area (Å²) in [6.45, 7) is 0. The van der Waals surface area contributed by atoms with Crippen LogP contribution >= 0.6 is 0 Å². The Kier molecular flexibility index (Phi) is 1.23. The molecule has 0 aliphatic carbocycles. The maximum Gasteiger partial charge on any atom is 0.161 e. The minimum atomic E-state index is -2.93. The second-order valence-corrected chi connectivity index (χ2v) is 4.55. The van der Waals surface area contributed by atoms with Gasteiger partial charge in [-0.05, 0) is 0 Å². The van der Waals surface area contributed by atoms with Crippen molar-refractivity contribution in [3.05, 3.63) is 23.8 Å². The minimum Gasteiger partial charge on any atom is -0.257 e. The molecule has 5 heteroatoms. The number of nitrogens with zero attached hydrogens (tertiary/aromatic N) is 2. The van der Waals surface area contributed by atoms with E-state index in [1.165, 1.54) is 12.4 Å². The Morgan fingerprint density at radius 1 is 1.09 bits per heavy atom. The molecule has 0 amide bonds. The van der Waals surface area contributed by atoms with Crippen molar-refractivity contribution in [2.75, 3.05) is 0 Å². The summed E-state index contributed by atoms with van der Waals surface area (Å²) >= 11 is 0. The van der Waals surface area contributed by atoms with E-state index in [4.69, 9.17) is 0 Å². The Balaban J connectivity index is 2.57. The molecule has 0 radical (unpaired) electrons. The highest BCUT2D eigenvalue weighted by molar-refractivity contribution is 7.90. The summed E-state index contributed by atoms with van der Waals surface area (Å²) in [4.78, 5) is 7.83. The highest BCUT2D eigenvalue weighted by Crippen LogP contribution is 2.19. The molecule has 0 aromatic carbocycles.